The predicted molar refractivity (Wildman–Crippen MR) is 133 cm³/mol. The largest absolute Gasteiger partial charge is 0.383 e. The molecule has 3 aromatic rings. The Morgan fingerprint density at radius 3 is 2.33 bits per heavy atom. The normalized spacial score (nSPS) is 10.9. The van der Waals surface area contributed by atoms with Gasteiger partial charge in [-0.05, 0) is 35.6 Å². The van der Waals surface area contributed by atoms with Crippen LogP contribution in [0.15, 0.2) is 64.2 Å². The molecule has 1 heterocycles. The number of rotatable bonds is 9. The quantitative estimate of drug-likeness (QED) is 0.465. The summed E-state index contributed by atoms with van der Waals surface area (Å²) in [5.74, 6) is -0.273. The van der Waals surface area contributed by atoms with Gasteiger partial charge >= 0.3 is 5.69 Å². The first-order valence-electron chi connectivity index (χ1n) is 11.1. The molecule has 8 nitrogen and oxygen atoms in total. The molecule has 0 bridgehead atoms. The Bertz CT molecular complexity index is 1200. The summed E-state index contributed by atoms with van der Waals surface area (Å²) in [6.07, 6.45) is 0.933. The molecule has 33 heavy (non-hydrogen) atoms. The number of hydrogen-bond donors (Lipinski definition) is 3. The van der Waals surface area contributed by atoms with Crippen molar-refractivity contribution >= 4 is 23.1 Å². The molecule has 8 heteroatoms. The summed E-state index contributed by atoms with van der Waals surface area (Å²) in [4.78, 5) is 42.2. The molecule has 174 valence electrons. The molecule has 1 aromatic heterocycles. The van der Waals surface area contributed by atoms with Crippen molar-refractivity contribution in [2.24, 2.45) is 5.92 Å². The zero-order valence-corrected chi connectivity index (χ0v) is 19.3. The molecule has 1 amide bonds. The zero-order valence-electron chi connectivity index (χ0n) is 19.3. The number of nitrogen functional groups attached to an aromatic ring is 1. The van der Waals surface area contributed by atoms with E-state index in [1.54, 1.807) is 0 Å². The van der Waals surface area contributed by atoms with Crippen LogP contribution in [-0.2, 0) is 17.8 Å². The molecule has 0 aliphatic heterocycles. The van der Waals surface area contributed by atoms with Gasteiger partial charge in [0.2, 0.25) is 5.91 Å². The monoisotopic (exact) mass is 449 g/mol. The van der Waals surface area contributed by atoms with Crippen LogP contribution in [0, 0.1) is 5.92 Å². The number of aromatic amines is 1. The third-order valence-corrected chi connectivity index (χ3v) is 5.32. The summed E-state index contributed by atoms with van der Waals surface area (Å²) in [5, 5.41) is 3.11. The predicted octanol–water partition coefficient (Wildman–Crippen LogP) is 2.83. The number of carbonyl (C=O) groups excluding carboxylic acids is 1. The van der Waals surface area contributed by atoms with Crippen molar-refractivity contribution in [3.05, 3.63) is 86.6 Å². The highest BCUT2D eigenvalue weighted by atomic mass is 16.2. The van der Waals surface area contributed by atoms with Crippen LogP contribution in [0.25, 0.3) is 0 Å². The fourth-order valence-electron chi connectivity index (χ4n) is 3.58. The van der Waals surface area contributed by atoms with E-state index in [1.165, 1.54) is 15.0 Å². The van der Waals surface area contributed by atoms with Gasteiger partial charge in [-0.3, -0.25) is 19.1 Å². The zero-order chi connectivity index (χ0) is 24.0. The first-order valence-corrected chi connectivity index (χ1v) is 11.1. The first kappa shape index (κ1) is 23.8. The van der Waals surface area contributed by atoms with Crippen LogP contribution in [0.2, 0.25) is 0 Å². The summed E-state index contributed by atoms with van der Waals surface area (Å²) in [6.45, 7) is 6.42. The van der Waals surface area contributed by atoms with Crippen molar-refractivity contribution in [2.75, 3.05) is 29.0 Å². The minimum atomic E-state index is -0.678. The molecule has 0 saturated heterocycles. The maximum absolute atomic E-state index is 13.2. The van der Waals surface area contributed by atoms with Gasteiger partial charge in [0.25, 0.3) is 5.56 Å². The number of H-pyrrole nitrogens is 1. The van der Waals surface area contributed by atoms with Gasteiger partial charge in [0.1, 0.15) is 5.82 Å². The van der Waals surface area contributed by atoms with Crippen LogP contribution < -0.4 is 27.2 Å². The van der Waals surface area contributed by atoms with Gasteiger partial charge in [-0.15, -0.1) is 0 Å². The van der Waals surface area contributed by atoms with E-state index >= 15 is 0 Å². The standard InChI is InChI=1S/C25H31N5O3/c1-4-18-10-12-20(13-11-18)27-14-21(31)29(15-17(2)3)22-23(26)30(25(33)28-24(22)32)16-19-8-6-5-7-9-19/h5-13,17,27H,4,14-16,26H2,1-3H3,(H,28,32,33). The maximum atomic E-state index is 13.2. The average Bonchev–Trinajstić information content (AvgIpc) is 2.80. The first-order chi connectivity index (χ1) is 15.8. The topological polar surface area (TPSA) is 113 Å². The number of amides is 1. The molecular formula is C25H31N5O3. The Labute approximate surface area is 193 Å². The van der Waals surface area contributed by atoms with Crippen molar-refractivity contribution in [1.82, 2.24) is 9.55 Å². The lowest BCUT2D eigenvalue weighted by atomic mass is 10.1. The summed E-state index contributed by atoms with van der Waals surface area (Å²) in [6, 6.07) is 17.2. The van der Waals surface area contributed by atoms with Crippen molar-refractivity contribution in [2.45, 2.75) is 33.7 Å². The molecule has 0 atom stereocenters. The van der Waals surface area contributed by atoms with Crippen LogP contribution in [0.5, 0.6) is 0 Å². The molecule has 3 rings (SSSR count). The summed E-state index contributed by atoms with van der Waals surface area (Å²) >= 11 is 0. The van der Waals surface area contributed by atoms with Crippen LogP contribution in [-0.4, -0.2) is 28.5 Å². The highest BCUT2D eigenvalue weighted by molar-refractivity contribution is 5.98. The average molecular weight is 450 g/mol. The van der Waals surface area contributed by atoms with Gasteiger partial charge in [0, 0.05) is 12.2 Å². The highest BCUT2D eigenvalue weighted by Gasteiger charge is 2.25. The number of benzene rings is 2. The van der Waals surface area contributed by atoms with Gasteiger partial charge < -0.3 is 16.0 Å². The van der Waals surface area contributed by atoms with Crippen molar-refractivity contribution in [1.29, 1.82) is 0 Å². The summed E-state index contributed by atoms with van der Waals surface area (Å²) in [5.41, 5.74) is 7.87. The van der Waals surface area contributed by atoms with Crippen molar-refractivity contribution in [3.8, 4) is 0 Å². The minimum absolute atomic E-state index is 0.00707. The summed E-state index contributed by atoms with van der Waals surface area (Å²) in [7, 11) is 0. The second-order valence-electron chi connectivity index (χ2n) is 8.37. The van der Waals surface area contributed by atoms with Gasteiger partial charge in [-0.1, -0.05) is 63.2 Å². The van der Waals surface area contributed by atoms with Gasteiger partial charge in [0.15, 0.2) is 5.69 Å². The number of anilines is 3. The van der Waals surface area contributed by atoms with Crippen molar-refractivity contribution < 1.29 is 4.79 Å². The maximum Gasteiger partial charge on any atom is 0.330 e. The molecule has 0 aliphatic rings. The van der Waals surface area contributed by atoms with E-state index in [9.17, 15) is 14.4 Å². The molecule has 0 unspecified atom stereocenters. The molecule has 0 radical (unpaired) electrons. The lowest BCUT2D eigenvalue weighted by Gasteiger charge is -2.26. The number of aromatic nitrogens is 2. The Balaban J connectivity index is 1.92. The molecule has 0 fully saturated rings. The Morgan fingerprint density at radius 1 is 1.06 bits per heavy atom. The fourth-order valence-corrected chi connectivity index (χ4v) is 3.58. The molecule has 0 saturated carbocycles. The van der Waals surface area contributed by atoms with E-state index in [4.69, 9.17) is 5.73 Å². The lowest BCUT2D eigenvalue weighted by Crippen LogP contribution is -2.44. The van der Waals surface area contributed by atoms with E-state index < -0.39 is 11.2 Å². The lowest BCUT2D eigenvalue weighted by molar-refractivity contribution is -0.117. The number of nitrogens with two attached hydrogens (primary N) is 1. The second-order valence-corrected chi connectivity index (χ2v) is 8.37. The second kappa shape index (κ2) is 10.7. The van der Waals surface area contributed by atoms with E-state index in [2.05, 4.69) is 17.2 Å². The van der Waals surface area contributed by atoms with Crippen LogP contribution in [0.1, 0.15) is 31.9 Å². The molecule has 2 aromatic carbocycles. The van der Waals surface area contributed by atoms with Crippen LogP contribution in [0.4, 0.5) is 17.2 Å². The summed E-state index contributed by atoms with van der Waals surface area (Å²) < 4.78 is 1.28. The Morgan fingerprint density at radius 2 is 1.73 bits per heavy atom. The minimum Gasteiger partial charge on any atom is -0.383 e. The molecular weight excluding hydrogens is 418 g/mol. The van der Waals surface area contributed by atoms with Gasteiger partial charge in [-0.25, -0.2) is 4.79 Å². The van der Waals surface area contributed by atoms with E-state index in [-0.39, 0.29) is 43.0 Å². The van der Waals surface area contributed by atoms with Crippen LogP contribution >= 0.6 is 0 Å². The van der Waals surface area contributed by atoms with Crippen molar-refractivity contribution in [3.63, 3.8) is 0 Å². The SMILES string of the molecule is CCc1ccc(NCC(=O)N(CC(C)C)c2c(N)n(Cc3ccccc3)c(=O)[nH]c2=O)cc1. The number of hydrogen-bond acceptors (Lipinski definition) is 5. The molecule has 0 aliphatic carbocycles. The van der Waals surface area contributed by atoms with E-state index in [0.29, 0.717) is 0 Å². The van der Waals surface area contributed by atoms with E-state index in [1.807, 2.05) is 68.4 Å². The van der Waals surface area contributed by atoms with Gasteiger partial charge in [0.05, 0.1) is 13.1 Å². The Hall–Kier alpha value is -3.81. The van der Waals surface area contributed by atoms with E-state index in [0.717, 1.165) is 17.7 Å². The number of carbonyl (C=O) groups is 1. The fraction of sp³-hybridized carbons (Fsp3) is 0.320. The Kier molecular flexibility index (Phi) is 7.71. The number of aryl methyl sites for hydroxylation is 1. The van der Waals surface area contributed by atoms with Gasteiger partial charge in [-0.2, -0.15) is 0 Å². The smallest absolute Gasteiger partial charge is 0.330 e. The third kappa shape index (κ3) is 5.91. The third-order valence-electron chi connectivity index (χ3n) is 5.32. The highest BCUT2D eigenvalue weighted by Crippen LogP contribution is 2.20. The number of nitrogens with zero attached hydrogens (tertiary/aromatic N) is 2. The molecule has 4 N–H and O–H groups in total. The molecule has 0 spiro atoms. The number of nitrogens with one attached hydrogen (secondary N) is 2. The van der Waals surface area contributed by atoms with Crippen LogP contribution in [0.3, 0.4) is 0 Å².